The van der Waals surface area contributed by atoms with Gasteiger partial charge >= 0.3 is 6.03 Å². The summed E-state index contributed by atoms with van der Waals surface area (Å²) in [5, 5.41) is 5.78. The van der Waals surface area contributed by atoms with Gasteiger partial charge in [-0.3, -0.25) is 0 Å². The number of benzene rings is 3. The van der Waals surface area contributed by atoms with Crippen LogP contribution in [-0.2, 0) is 6.54 Å². The summed E-state index contributed by atoms with van der Waals surface area (Å²) >= 11 is 0. The predicted octanol–water partition coefficient (Wildman–Crippen LogP) is 4.30. The van der Waals surface area contributed by atoms with Crippen LogP contribution in [0.25, 0.3) is 11.0 Å². The molecular formula is C25H25FN4O3. The number of hydrogen-bond donors (Lipinski definition) is 2. The van der Waals surface area contributed by atoms with E-state index in [-0.39, 0.29) is 18.5 Å². The molecule has 0 aliphatic rings. The summed E-state index contributed by atoms with van der Waals surface area (Å²) in [6.45, 7) is 1.02. The molecule has 0 bridgehead atoms. The number of ether oxygens (including phenoxy) is 2. The Morgan fingerprint density at radius 2 is 1.76 bits per heavy atom. The van der Waals surface area contributed by atoms with Gasteiger partial charge < -0.3 is 24.7 Å². The second-order valence-corrected chi connectivity index (χ2v) is 7.39. The smallest absolute Gasteiger partial charge is 0.315 e. The molecule has 3 aromatic carbocycles. The van der Waals surface area contributed by atoms with Gasteiger partial charge in [-0.25, -0.2) is 14.2 Å². The molecule has 7 nitrogen and oxygen atoms in total. The van der Waals surface area contributed by atoms with E-state index in [4.69, 9.17) is 9.47 Å². The summed E-state index contributed by atoms with van der Waals surface area (Å²) in [6, 6.07) is 20.5. The summed E-state index contributed by atoms with van der Waals surface area (Å²) in [5.74, 6) is 0.910. The van der Waals surface area contributed by atoms with Crippen LogP contribution in [0.3, 0.4) is 0 Å². The van der Waals surface area contributed by atoms with Gasteiger partial charge in [-0.2, -0.15) is 0 Å². The zero-order valence-corrected chi connectivity index (χ0v) is 18.2. The van der Waals surface area contributed by atoms with Crippen LogP contribution in [0.4, 0.5) is 9.18 Å². The maximum absolute atomic E-state index is 13.5. The number of carbonyl (C=O) groups is 1. The Bertz CT molecular complexity index is 1210. The standard InChI is InChI=1S/C25H25FN4O3/c1-32-23-8-4-5-9-24(23)33-15-14-27-25(31)29-21(18-10-12-19(26)13-11-18)16-30-17-28-20-6-2-3-7-22(20)30/h2-13,17,21H,14-16H2,1H3,(H2,27,29,31). The highest BCUT2D eigenvalue weighted by molar-refractivity contribution is 5.76. The molecule has 1 aromatic heterocycles. The molecule has 1 unspecified atom stereocenters. The quantitative estimate of drug-likeness (QED) is 0.374. The lowest BCUT2D eigenvalue weighted by molar-refractivity contribution is 0.230. The lowest BCUT2D eigenvalue weighted by Gasteiger charge is -2.21. The molecule has 8 heteroatoms. The van der Waals surface area contributed by atoms with Crippen LogP contribution in [-0.4, -0.2) is 35.8 Å². The molecular weight excluding hydrogens is 423 g/mol. The van der Waals surface area contributed by atoms with Crippen molar-refractivity contribution in [2.45, 2.75) is 12.6 Å². The lowest BCUT2D eigenvalue weighted by atomic mass is 10.1. The van der Waals surface area contributed by atoms with Gasteiger partial charge in [0.1, 0.15) is 12.4 Å². The van der Waals surface area contributed by atoms with Gasteiger partial charge in [0.2, 0.25) is 0 Å². The maximum Gasteiger partial charge on any atom is 0.315 e. The summed E-state index contributed by atoms with van der Waals surface area (Å²) in [6.07, 6.45) is 1.74. The Labute approximate surface area is 191 Å². The Balaban J connectivity index is 1.39. The SMILES string of the molecule is COc1ccccc1OCCNC(=O)NC(Cn1cnc2ccccc21)c1ccc(F)cc1. The summed E-state index contributed by atoms with van der Waals surface area (Å²) in [7, 11) is 1.58. The van der Waals surface area contributed by atoms with Crippen LogP contribution in [0.2, 0.25) is 0 Å². The number of nitrogens with one attached hydrogen (secondary N) is 2. The first-order valence-corrected chi connectivity index (χ1v) is 10.6. The third-order valence-corrected chi connectivity index (χ3v) is 5.20. The zero-order chi connectivity index (χ0) is 23.0. The molecule has 0 radical (unpaired) electrons. The van der Waals surface area contributed by atoms with Crippen LogP contribution in [0.5, 0.6) is 11.5 Å². The van der Waals surface area contributed by atoms with Crippen LogP contribution < -0.4 is 20.1 Å². The highest BCUT2D eigenvalue weighted by atomic mass is 19.1. The van der Waals surface area contributed by atoms with E-state index in [1.807, 2.05) is 47.0 Å². The Kier molecular flexibility index (Phi) is 7.04. The van der Waals surface area contributed by atoms with Gasteiger partial charge in [0.15, 0.2) is 11.5 Å². The molecule has 0 saturated heterocycles. The van der Waals surface area contributed by atoms with Crippen LogP contribution in [0.15, 0.2) is 79.1 Å². The van der Waals surface area contributed by atoms with Gasteiger partial charge in [0.25, 0.3) is 0 Å². The molecule has 0 saturated carbocycles. The van der Waals surface area contributed by atoms with Crippen LogP contribution >= 0.6 is 0 Å². The maximum atomic E-state index is 13.5. The molecule has 170 valence electrons. The third-order valence-electron chi connectivity index (χ3n) is 5.20. The number of carbonyl (C=O) groups excluding carboxylic acids is 1. The van der Waals surface area contributed by atoms with Crippen molar-refractivity contribution in [2.75, 3.05) is 20.3 Å². The Morgan fingerprint density at radius 1 is 1.03 bits per heavy atom. The number of imidazole rings is 1. The first-order valence-electron chi connectivity index (χ1n) is 10.6. The van der Waals surface area contributed by atoms with E-state index in [0.29, 0.717) is 24.6 Å². The number of halogens is 1. The van der Waals surface area contributed by atoms with Gasteiger partial charge in [-0.1, -0.05) is 36.4 Å². The highest BCUT2D eigenvalue weighted by Gasteiger charge is 2.17. The number of fused-ring (bicyclic) bond motifs is 1. The fourth-order valence-corrected chi connectivity index (χ4v) is 3.55. The van der Waals surface area contributed by atoms with Crippen molar-refractivity contribution in [3.63, 3.8) is 0 Å². The molecule has 0 aliphatic carbocycles. The second kappa shape index (κ2) is 10.5. The fraction of sp³-hybridized carbons (Fsp3) is 0.200. The van der Waals surface area contributed by atoms with Crippen molar-refractivity contribution in [1.82, 2.24) is 20.2 Å². The molecule has 4 rings (SSSR count). The summed E-state index contributed by atoms with van der Waals surface area (Å²) in [5.41, 5.74) is 2.61. The molecule has 1 atom stereocenters. The minimum absolute atomic E-state index is 0.279. The topological polar surface area (TPSA) is 77.4 Å². The van der Waals surface area contributed by atoms with Gasteiger partial charge in [-0.05, 0) is 42.0 Å². The molecule has 0 spiro atoms. The molecule has 33 heavy (non-hydrogen) atoms. The number of urea groups is 1. The Hall–Kier alpha value is -4.07. The number of para-hydroxylation sites is 4. The van der Waals surface area contributed by atoms with Crippen molar-refractivity contribution >= 4 is 17.1 Å². The zero-order valence-electron chi connectivity index (χ0n) is 18.2. The second-order valence-electron chi connectivity index (χ2n) is 7.39. The van der Waals surface area contributed by atoms with E-state index >= 15 is 0 Å². The molecule has 1 heterocycles. The predicted molar refractivity (Wildman–Crippen MR) is 124 cm³/mol. The number of methoxy groups -OCH3 is 1. The minimum Gasteiger partial charge on any atom is -0.493 e. The molecule has 0 aliphatic heterocycles. The average molecular weight is 448 g/mol. The number of amides is 2. The van der Waals surface area contributed by atoms with Crippen LogP contribution in [0.1, 0.15) is 11.6 Å². The van der Waals surface area contributed by atoms with Crippen molar-refractivity contribution in [2.24, 2.45) is 0 Å². The van der Waals surface area contributed by atoms with E-state index in [1.165, 1.54) is 12.1 Å². The largest absolute Gasteiger partial charge is 0.493 e. The molecule has 0 fully saturated rings. The average Bonchev–Trinajstić information content (AvgIpc) is 3.25. The van der Waals surface area contributed by atoms with Crippen molar-refractivity contribution < 1.29 is 18.7 Å². The van der Waals surface area contributed by atoms with Crippen molar-refractivity contribution in [3.8, 4) is 11.5 Å². The number of nitrogens with zero attached hydrogens (tertiary/aromatic N) is 2. The minimum atomic E-state index is -0.390. The monoisotopic (exact) mass is 448 g/mol. The normalized spacial score (nSPS) is 11.7. The Morgan fingerprint density at radius 3 is 2.55 bits per heavy atom. The molecule has 2 N–H and O–H groups in total. The highest BCUT2D eigenvalue weighted by Crippen LogP contribution is 2.25. The number of hydrogen-bond acceptors (Lipinski definition) is 4. The lowest BCUT2D eigenvalue weighted by Crippen LogP contribution is -2.41. The van der Waals surface area contributed by atoms with Crippen LogP contribution in [0, 0.1) is 5.82 Å². The third kappa shape index (κ3) is 5.60. The van der Waals surface area contributed by atoms with E-state index < -0.39 is 6.04 Å². The fourth-order valence-electron chi connectivity index (χ4n) is 3.55. The van der Waals surface area contributed by atoms with Crippen molar-refractivity contribution in [1.29, 1.82) is 0 Å². The van der Waals surface area contributed by atoms with E-state index in [2.05, 4.69) is 15.6 Å². The number of rotatable bonds is 9. The van der Waals surface area contributed by atoms with Gasteiger partial charge in [-0.15, -0.1) is 0 Å². The summed E-state index contributed by atoms with van der Waals surface area (Å²) < 4.78 is 26.4. The summed E-state index contributed by atoms with van der Waals surface area (Å²) in [4.78, 5) is 17.0. The number of aromatic nitrogens is 2. The molecule has 4 aromatic rings. The first-order chi connectivity index (χ1) is 16.1. The van der Waals surface area contributed by atoms with Crippen molar-refractivity contribution in [3.05, 3.63) is 90.5 Å². The molecule has 2 amide bonds. The first kappa shape index (κ1) is 22.1. The van der Waals surface area contributed by atoms with E-state index in [0.717, 1.165) is 16.6 Å². The van der Waals surface area contributed by atoms with Gasteiger partial charge in [0.05, 0.1) is 37.1 Å². The van der Waals surface area contributed by atoms with Gasteiger partial charge in [0, 0.05) is 6.54 Å². The van der Waals surface area contributed by atoms with E-state index in [9.17, 15) is 9.18 Å². The van der Waals surface area contributed by atoms with E-state index in [1.54, 1.807) is 31.6 Å².